The van der Waals surface area contributed by atoms with Gasteiger partial charge < -0.3 is 4.74 Å². The number of ether oxygens (including phenoxy) is 1. The van der Waals surface area contributed by atoms with Crippen LogP contribution in [0.5, 0.6) is 0 Å². The number of carbonyl (C=O) groups is 2. The van der Waals surface area contributed by atoms with Crippen LogP contribution in [-0.2, 0) is 19.1 Å². The summed E-state index contributed by atoms with van der Waals surface area (Å²) in [4.78, 5) is 24.4. The van der Waals surface area contributed by atoms with Gasteiger partial charge >= 0.3 is 11.9 Å². The fraction of sp³-hybridized carbons (Fsp3) is 0.176. The molecule has 2 aliphatic heterocycles. The maximum atomic E-state index is 12.4. The van der Waals surface area contributed by atoms with Gasteiger partial charge in [0.05, 0.1) is 4.75 Å². The average Bonchev–Trinajstić information content (AvgIpc) is 3.09. The molecule has 122 valence electrons. The second kappa shape index (κ2) is 5.99. The molecule has 0 aromatic heterocycles. The summed E-state index contributed by atoms with van der Waals surface area (Å²) in [6.45, 7) is 0. The fourth-order valence-corrected chi connectivity index (χ4v) is 7.32. The molecule has 2 aliphatic rings. The quantitative estimate of drug-likeness (QED) is 0.418. The normalized spacial score (nSPS) is 24.8. The van der Waals surface area contributed by atoms with E-state index in [-0.39, 0.29) is 0 Å². The molecule has 0 spiro atoms. The summed E-state index contributed by atoms with van der Waals surface area (Å²) in [7, 11) is 2.90. The standard InChI is InChI=1S/C17H10Cl2O3S2/c18-11-5-1-9(2-6-11)17(10-3-7-12(19)8-4-10)13-14(23-24-17)16(21)22-15(13)20/h1-8,13-14H. The monoisotopic (exact) mass is 396 g/mol. The van der Waals surface area contributed by atoms with Crippen molar-refractivity contribution in [2.45, 2.75) is 10.00 Å². The number of rotatable bonds is 2. The van der Waals surface area contributed by atoms with Crippen LogP contribution >= 0.6 is 44.8 Å². The highest BCUT2D eigenvalue weighted by Gasteiger charge is 2.63. The molecule has 2 atom stereocenters. The summed E-state index contributed by atoms with van der Waals surface area (Å²) in [6, 6.07) is 14.7. The Bertz CT molecular complexity index is 775. The van der Waals surface area contributed by atoms with E-state index in [1.807, 2.05) is 24.3 Å². The van der Waals surface area contributed by atoms with E-state index in [0.717, 1.165) is 11.1 Å². The third-order valence-corrected chi connectivity index (χ3v) is 8.22. The fourth-order valence-electron chi connectivity index (χ4n) is 3.15. The predicted octanol–water partition coefficient (Wildman–Crippen LogP) is 4.70. The molecule has 7 heteroatoms. The summed E-state index contributed by atoms with van der Waals surface area (Å²) in [5.41, 5.74) is 1.82. The molecule has 0 aliphatic carbocycles. The minimum absolute atomic E-state index is 0.465. The summed E-state index contributed by atoms with van der Waals surface area (Å²) < 4.78 is 4.20. The number of hydrogen-bond donors (Lipinski definition) is 0. The zero-order valence-corrected chi connectivity index (χ0v) is 15.2. The van der Waals surface area contributed by atoms with Crippen LogP contribution in [0.25, 0.3) is 0 Å². The lowest BCUT2D eigenvalue weighted by Crippen LogP contribution is -2.36. The number of benzene rings is 2. The number of cyclic esters (lactones) is 2. The van der Waals surface area contributed by atoms with E-state index in [2.05, 4.69) is 0 Å². The van der Waals surface area contributed by atoms with E-state index in [1.54, 1.807) is 24.3 Å². The van der Waals surface area contributed by atoms with Gasteiger partial charge in [-0.15, -0.1) is 0 Å². The maximum Gasteiger partial charge on any atom is 0.328 e. The third kappa shape index (κ3) is 2.37. The molecule has 0 N–H and O–H groups in total. The van der Waals surface area contributed by atoms with Gasteiger partial charge in [0, 0.05) is 10.0 Å². The molecule has 0 amide bonds. The minimum Gasteiger partial charge on any atom is -0.392 e. The molecule has 2 unspecified atom stereocenters. The molecule has 0 radical (unpaired) electrons. The van der Waals surface area contributed by atoms with Gasteiger partial charge in [0.15, 0.2) is 0 Å². The average molecular weight is 397 g/mol. The first kappa shape index (κ1) is 16.3. The van der Waals surface area contributed by atoms with Gasteiger partial charge in [-0.2, -0.15) is 0 Å². The Morgan fingerprint density at radius 3 is 1.83 bits per heavy atom. The molecular weight excluding hydrogens is 387 g/mol. The smallest absolute Gasteiger partial charge is 0.328 e. The molecule has 0 bridgehead atoms. The highest BCUT2D eigenvalue weighted by molar-refractivity contribution is 8.78. The molecule has 24 heavy (non-hydrogen) atoms. The van der Waals surface area contributed by atoms with Crippen molar-refractivity contribution in [3.63, 3.8) is 0 Å². The van der Waals surface area contributed by atoms with E-state index in [9.17, 15) is 9.59 Å². The van der Waals surface area contributed by atoms with Crippen molar-refractivity contribution in [3.05, 3.63) is 69.7 Å². The zero-order valence-electron chi connectivity index (χ0n) is 12.1. The number of halogens is 2. The van der Waals surface area contributed by atoms with Gasteiger partial charge in [0.2, 0.25) is 0 Å². The molecular formula is C17H10Cl2O3S2. The lowest BCUT2D eigenvalue weighted by atomic mass is 9.78. The Morgan fingerprint density at radius 1 is 0.833 bits per heavy atom. The largest absolute Gasteiger partial charge is 0.392 e. The number of hydrogen-bond acceptors (Lipinski definition) is 5. The Morgan fingerprint density at radius 2 is 1.33 bits per heavy atom. The van der Waals surface area contributed by atoms with Crippen LogP contribution in [0.4, 0.5) is 0 Å². The van der Waals surface area contributed by atoms with Gasteiger partial charge in [-0.3, -0.25) is 9.59 Å². The SMILES string of the molecule is O=C1OC(=O)C2C1SSC2(c1ccc(Cl)cc1)c1ccc(Cl)cc1. The zero-order chi connectivity index (χ0) is 16.9. The highest BCUT2D eigenvalue weighted by atomic mass is 35.5. The third-order valence-electron chi connectivity index (χ3n) is 4.26. The van der Waals surface area contributed by atoms with Crippen molar-refractivity contribution >= 4 is 56.7 Å². The topological polar surface area (TPSA) is 43.4 Å². The van der Waals surface area contributed by atoms with Crippen molar-refractivity contribution in [1.82, 2.24) is 0 Å². The molecule has 2 saturated heterocycles. The van der Waals surface area contributed by atoms with Gasteiger partial charge in [-0.05, 0) is 35.4 Å². The van der Waals surface area contributed by atoms with Crippen molar-refractivity contribution in [2.24, 2.45) is 5.92 Å². The molecule has 2 heterocycles. The first-order valence-electron chi connectivity index (χ1n) is 7.14. The molecule has 0 saturated carbocycles. The van der Waals surface area contributed by atoms with Crippen LogP contribution < -0.4 is 0 Å². The number of fused-ring (bicyclic) bond motifs is 1. The Balaban J connectivity index is 1.93. The van der Waals surface area contributed by atoms with Crippen LogP contribution in [0.1, 0.15) is 11.1 Å². The van der Waals surface area contributed by atoms with Gasteiger partial charge in [-0.1, -0.05) is 69.1 Å². The van der Waals surface area contributed by atoms with E-state index in [1.165, 1.54) is 21.6 Å². The number of esters is 2. The van der Waals surface area contributed by atoms with Gasteiger partial charge in [-0.25, -0.2) is 0 Å². The van der Waals surface area contributed by atoms with Crippen LogP contribution in [0.3, 0.4) is 0 Å². The first-order valence-corrected chi connectivity index (χ1v) is 10.1. The summed E-state index contributed by atoms with van der Waals surface area (Å²) in [5, 5.41) is 0.721. The van der Waals surface area contributed by atoms with Crippen molar-refractivity contribution in [2.75, 3.05) is 0 Å². The predicted molar refractivity (Wildman–Crippen MR) is 97.2 cm³/mol. The van der Waals surface area contributed by atoms with Gasteiger partial charge in [0.1, 0.15) is 11.2 Å². The van der Waals surface area contributed by atoms with Crippen molar-refractivity contribution < 1.29 is 14.3 Å². The van der Waals surface area contributed by atoms with Crippen LogP contribution in [0, 0.1) is 5.92 Å². The minimum atomic E-state index is -0.715. The van der Waals surface area contributed by atoms with E-state index in [0.29, 0.717) is 10.0 Å². The van der Waals surface area contributed by atoms with E-state index < -0.39 is 27.9 Å². The number of carbonyl (C=O) groups excluding carboxylic acids is 2. The maximum absolute atomic E-state index is 12.4. The second-order valence-electron chi connectivity index (χ2n) is 5.57. The Kier molecular flexibility index (Phi) is 4.07. The molecule has 2 aromatic rings. The van der Waals surface area contributed by atoms with Crippen LogP contribution in [-0.4, -0.2) is 17.2 Å². The molecule has 2 fully saturated rings. The lowest BCUT2D eigenvalue weighted by molar-refractivity contribution is -0.153. The summed E-state index contributed by atoms with van der Waals surface area (Å²) in [5.74, 6) is -1.53. The highest BCUT2D eigenvalue weighted by Crippen LogP contribution is 2.65. The van der Waals surface area contributed by atoms with Crippen molar-refractivity contribution in [3.8, 4) is 0 Å². The van der Waals surface area contributed by atoms with E-state index in [4.69, 9.17) is 27.9 Å². The Labute approximate surface area is 156 Å². The summed E-state index contributed by atoms with van der Waals surface area (Å²) >= 11 is 12.0. The van der Waals surface area contributed by atoms with Crippen LogP contribution in [0.2, 0.25) is 10.0 Å². The van der Waals surface area contributed by atoms with Crippen LogP contribution in [0.15, 0.2) is 48.5 Å². The Hall–Kier alpha value is -1.14. The lowest BCUT2D eigenvalue weighted by Gasteiger charge is -2.32. The van der Waals surface area contributed by atoms with Crippen molar-refractivity contribution in [1.29, 1.82) is 0 Å². The van der Waals surface area contributed by atoms with E-state index >= 15 is 0 Å². The molecule has 4 rings (SSSR count). The summed E-state index contributed by atoms with van der Waals surface area (Å²) in [6.07, 6.45) is 0. The first-order chi connectivity index (χ1) is 11.5. The van der Waals surface area contributed by atoms with Gasteiger partial charge in [0.25, 0.3) is 0 Å². The molecule has 3 nitrogen and oxygen atoms in total. The molecule has 2 aromatic carbocycles. The second-order valence-corrected chi connectivity index (χ2v) is 9.03.